The van der Waals surface area contributed by atoms with Crippen molar-refractivity contribution >= 4 is 43.8 Å². The highest BCUT2D eigenvalue weighted by atomic mass is 32.2. The smallest absolute Gasteiger partial charge is 0.280 e. The summed E-state index contributed by atoms with van der Waals surface area (Å²) in [5.74, 6) is -0.502. The van der Waals surface area contributed by atoms with Gasteiger partial charge in [0.05, 0.1) is 11.1 Å². The van der Waals surface area contributed by atoms with E-state index in [2.05, 4.69) is 15.5 Å². The van der Waals surface area contributed by atoms with Gasteiger partial charge in [-0.3, -0.25) is 14.9 Å². The summed E-state index contributed by atoms with van der Waals surface area (Å²) in [5, 5.41) is 16.4. The molecule has 1 aliphatic carbocycles. The normalized spacial score (nSPS) is 17.8. The molecule has 1 saturated heterocycles. The minimum atomic E-state index is -3.39. The van der Waals surface area contributed by atoms with Gasteiger partial charge in [-0.05, 0) is 56.6 Å². The molecule has 194 valence electrons. The number of aromatic nitrogens is 1. The first kappa shape index (κ1) is 26.2. The first-order valence-electron chi connectivity index (χ1n) is 12.0. The Labute approximate surface area is 214 Å². The van der Waals surface area contributed by atoms with Gasteiger partial charge in [0.1, 0.15) is 11.0 Å². The number of hydrogen-bond acceptors (Lipinski definition) is 9. The first-order chi connectivity index (χ1) is 17.2. The van der Waals surface area contributed by atoms with E-state index in [1.807, 2.05) is 0 Å². The number of hydrogen-bond donors (Lipinski definition) is 2. The van der Waals surface area contributed by atoms with E-state index in [0.717, 1.165) is 56.1 Å². The average molecular weight is 535 g/mol. The third-order valence-corrected chi connectivity index (χ3v) is 8.49. The Kier molecular flexibility index (Phi) is 8.37. The standard InChI is InChI=1S/C24H30N4O6S2/c1-36(32,33)19-8-6-17(7-9-19)21(27-34-18-4-2-3-5-18)22(30)26-24-25-14-20(35-24)23(31)28-12-10-16(15-29)11-13-28/h6-9,14,16,18,29H,2-5,10-13,15H2,1H3,(H,25,26,30)/b27-21+. The second-order valence-corrected chi connectivity index (χ2v) is 12.2. The summed E-state index contributed by atoms with van der Waals surface area (Å²) in [5.41, 5.74) is 0.397. The van der Waals surface area contributed by atoms with Crippen LogP contribution in [0.2, 0.25) is 0 Å². The van der Waals surface area contributed by atoms with Crippen LogP contribution in [0.25, 0.3) is 0 Å². The van der Waals surface area contributed by atoms with Crippen LogP contribution >= 0.6 is 11.3 Å². The molecule has 1 aromatic carbocycles. The van der Waals surface area contributed by atoms with Gasteiger partial charge in [-0.15, -0.1) is 0 Å². The number of aliphatic hydroxyl groups is 1. The van der Waals surface area contributed by atoms with E-state index in [1.54, 1.807) is 4.90 Å². The molecule has 0 bridgehead atoms. The van der Waals surface area contributed by atoms with Crippen molar-refractivity contribution < 1.29 is 28.0 Å². The molecule has 4 rings (SSSR count). The van der Waals surface area contributed by atoms with Crippen molar-refractivity contribution in [3.05, 3.63) is 40.9 Å². The zero-order chi connectivity index (χ0) is 25.7. The molecule has 1 aromatic heterocycles. The van der Waals surface area contributed by atoms with Gasteiger partial charge in [-0.25, -0.2) is 13.4 Å². The van der Waals surface area contributed by atoms with E-state index < -0.39 is 15.7 Å². The number of carbonyl (C=O) groups excluding carboxylic acids is 2. The second-order valence-electron chi connectivity index (χ2n) is 9.15. The van der Waals surface area contributed by atoms with E-state index in [-0.39, 0.29) is 40.3 Å². The average Bonchev–Trinajstić information content (AvgIpc) is 3.56. The van der Waals surface area contributed by atoms with Crippen LogP contribution < -0.4 is 5.32 Å². The number of rotatable bonds is 8. The van der Waals surface area contributed by atoms with Crippen molar-refractivity contribution in [3.63, 3.8) is 0 Å². The lowest BCUT2D eigenvalue weighted by Gasteiger charge is -2.30. The van der Waals surface area contributed by atoms with Crippen molar-refractivity contribution in [2.45, 2.75) is 49.5 Å². The molecule has 1 saturated carbocycles. The number of nitrogens with zero attached hydrogens (tertiary/aromatic N) is 3. The molecule has 0 unspecified atom stereocenters. The number of sulfone groups is 1. The Morgan fingerprint density at radius 3 is 2.44 bits per heavy atom. The Morgan fingerprint density at radius 2 is 1.83 bits per heavy atom. The third-order valence-electron chi connectivity index (χ3n) is 6.46. The largest absolute Gasteiger partial charge is 0.396 e. The molecular weight excluding hydrogens is 504 g/mol. The molecule has 0 atom stereocenters. The van der Waals surface area contributed by atoms with Crippen LogP contribution in [-0.4, -0.2) is 73.0 Å². The van der Waals surface area contributed by atoms with Gasteiger partial charge in [-0.2, -0.15) is 0 Å². The van der Waals surface area contributed by atoms with E-state index in [9.17, 15) is 23.1 Å². The van der Waals surface area contributed by atoms with Crippen LogP contribution in [0.1, 0.15) is 53.8 Å². The van der Waals surface area contributed by atoms with Gasteiger partial charge < -0.3 is 14.8 Å². The van der Waals surface area contributed by atoms with Crippen LogP contribution in [0, 0.1) is 5.92 Å². The molecule has 0 spiro atoms. The predicted octanol–water partition coefficient (Wildman–Crippen LogP) is 2.69. The summed E-state index contributed by atoms with van der Waals surface area (Å²) >= 11 is 1.07. The minimum Gasteiger partial charge on any atom is -0.396 e. The predicted molar refractivity (Wildman–Crippen MR) is 136 cm³/mol. The summed E-state index contributed by atoms with van der Waals surface area (Å²) in [6, 6.07) is 5.87. The number of amides is 2. The second kappa shape index (κ2) is 11.5. The molecule has 10 nitrogen and oxygen atoms in total. The number of thiazole rings is 1. The lowest BCUT2D eigenvalue weighted by molar-refractivity contribution is -0.110. The van der Waals surface area contributed by atoms with Crippen molar-refractivity contribution in [1.29, 1.82) is 0 Å². The lowest BCUT2D eigenvalue weighted by Crippen LogP contribution is -2.38. The molecule has 12 heteroatoms. The van der Waals surface area contributed by atoms with Crippen LogP contribution in [-0.2, 0) is 19.5 Å². The fraction of sp³-hybridized carbons (Fsp3) is 0.500. The summed E-state index contributed by atoms with van der Waals surface area (Å²) in [7, 11) is -3.39. The SMILES string of the molecule is CS(=O)(=O)c1ccc(/C(=N\OC2CCCC2)C(=O)Nc2ncc(C(=O)N3CCC(CO)CC3)s2)cc1. The fourth-order valence-corrected chi connectivity index (χ4v) is 5.68. The zero-order valence-corrected chi connectivity index (χ0v) is 21.7. The number of likely N-dealkylation sites (tertiary alicyclic amines) is 1. The molecule has 1 aliphatic heterocycles. The third kappa shape index (κ3) is 6.48. The lowest BCUT2D eigenvalue weighted by atomic mass is 9.98. The number of nitrogens with one attached hydrogen (secondary N) is 1. The van der Waals surface area contributed by atoms with E-state index in [0.29, 0.717) is 23.5 Å². The molecule has 2 N–H and O–H groups in total. The number of aliphatic hydroxyl groups excluding tert-OH is 1. The monoisotopic (exact) mass is 534 g/mol. The molecule has 2 amide bonds. The number of benzene rings is 1. The fourth-order valence-electron chi connectivity index (χ4n) is 4.27. The van der Waals surface area contributed by atoms with Crippen molar-refractivity contribution in [1.82, 2.24) is 9.88 Å². The van der Waals surface area contributed by atoms with Crippen molar-refractivity contribution in [3.8, 4) is 0 Å². The summed E-state index contributed by atoms with van der Waals surface area (Å²) < 4.78 is 23.6. The van der Waals surface area contributed by atoms with E-state index in [4.69, 9.17) is 4.84 Å². The molecule has 2 aliphatic rings. The van der Waals surface area contributed by atoms with Crippen molar-refractivity contribution in [2.24, 2.45) is 11.1 Å². The molecule has 36 heavy (non-hydrogen) atoms. The zero-order valence-electron chi connectivity index (χ0n) is 20.1. The number of oxime groups is 1. The summed E-state index contributed by atoms with van der Waals surface area (Å²) in [4.78, 5) is 38.1. The highest BCUT2D eigenvalue weighted by Gasteiger charge is 2.26. The Balaban J connectivity index is 1.48. The van der Waals surface area contributed by atoms with Crippen LogP contribution in [0.3, 0.4) is 0 Å². The van der Waals surface area contributed by atoms with Crippen LogP contribution in [0.4, 0.5) is 5.13 Å². The van der Waals surface area contributed by atoms with E-state index >= 15 is 0 Å². The quantitative estimate of drug-likeness (QED) is 0.392. The maximum Gasteiger partial charge on any atom is 0.280 e. The van der Waals surface area contributed by atoms with Gasteiger partial charge in [0.2, 0.25) is 0 Å². The molecule has 2 fully saturated rings. The Bertz CT molecular complexity index is 1210. The molecule has 2 heterocycles. The number of piperidine rings is 1. The highest BCUT2D eigenvalue weighted by molar-refractivity contribution is 7.90. The minimum absolute atomic E-state index is 0.00361. The van der Waals surface area contributed by atoms with E-state index in [1.165, 1.54) is 30.5 Å². The van der Waals surface area contributed by atoms with Crippen LogP contribution in [0.15, 0.2) is 40.5 Å². The van der Waals surface area contributed by atoms with Gasteiger partial charge >= 0.3 is 0 Å². The maximum atomic E-state index is 13.2. The van der Waals surface area contributed by atoms with Gasteiger partial charge in [0.15, 0.2) is 20.7 Å². The highest BCUT2D eigenvalue weighted by Crippen LogP contribution is 2.25. The Hall–Kier alpha value is -2.83. The molecule has 2 aromatic rings. The number of carbonyl (C=O) groups is 2. The van der Waals surface area contributed by atoms with Gasteiger partial charge in [0, 0.05) is 31.5 Å². The van der Waals surface area contributed by atoms with Gasteiger partial charge in [0.25, 0.3) is 11.8 Å². The van der Waals surface area contributed by atoms with Gasteiger partial charge in [-0.1, -0.05) is 28.6 Å². The summed E-state index contributed by atoms with van der Waals surface area (Å²) in [6.45, 7) is 1.27. The molecular formula is C24H30N4O6S2. The van der Waals surface area contributed by atoms with Crippen molar-refractivity contribution in [2.75, 3.05) is 31.3 Å². The topological polar surface area (TPSA) is 138 Å². The summed E-state index contributed by atoms with van der Waals surface area (Å²) in [6.07, 6.45) is 7.79. The number of anilines is 1. The van der Waals surface area contributed by atoms with Crippen LogP contribution in [0.5, 0.6) is 0 Å². The first-order valence-corrected chi connectivity index (χ1v) is 14.7. The maximum absolute atomic E-state index is 13.2. The molecule has 0 radical (unpaired) electrons. The Morgan fingerprint density at radius 1 is 1.17 bits per heavy atom.